The average molecular weight is 390 g/mol. The summed E-state index contributed by atoms with van der Waals surface area (Å²) >= 11 is 6.04. The lowest BCUT2D eigenvalue weighted by Crippen LogP contribution is -2.46. The Bertz CT molecular complexity index is 788. The maximum absolute atomic E-state index is 12.9. The molecular weight excluding hydrogens is 366 g/mol. The quantitative estimate of drug-likeness (QED) is 0.803. The molecule has 1 amide bonds. The Morgan fingerprint density at radius 1 is 1.22 bits per heavy atom. The lowest BCUT2D eigenvalue weighted by Gasteiger charge is -2.36. The van der Waals surface area contributed by atoms with Gasteiger partial charge in [0.15, 0.2) is 0 Å². The molecule has 2 aliphatic rings. The standard InChI is InChI=1S/C20H24ClN3O3/c21-17-5-1-4-16(11-17)18-12-19(27-22-18)20(25)24-6-2-3-15(14-24)13-23-7-9-26-10-8-23/h1,4-5,11-12,15H,2-3,6-10,13-14H2. The van der Waals surface area contributed by atoms with Crippen LogP contribution < -0.4 is 0 Å². The van der Waals surface area contributed by atoms with Gasteiger partial charge < -0.3 is 14.2 Å². The summed E-state index contributed by atoms with van der Waals surface area (Å²) in [5.74, 6) is 0.704. The largest absolute Gasteiger partial charge is 0.379 e. The highest BCUT2D eigenvalue weighted by atomic mass is 35.5. The first-order valence-corrected chi connectivity index (χ1v) is 9.89. The van der Waals surface area contributed by atoms with Crippen molar-refractivity contribution >= 4 is 17.5 Å². The van der Waals surface area contributed by atoms with E-state index in [1.54, 1.807) is 12.1 Å². The van der Waals surface area contributed by atoms with Crippen LogP contribution in [0.3, 0.4) is 0 Å². The molecule has 144 valence electrons. The van der Waals surface area contributed by atoms with E-state index in [2.05, 4.69) is 10.1 Å². The molecule has 27 heavy (non-hydrogen) atoms. The summed E-state index contributed by atoms with van der Waals surface area (Å²) < 4.78 is 10.8. The topological polar surface area (TPSA) is 58.8 Å². The highest BCUT2D eigenvalue weighted by molar-refractivity contribution is 6.30. The van der Waals surface area contributed by atoms with Crippen LogP contribution >= 0.6 is 11.6 Å². The first-order chi connectivity index (χ1) is 13.2. The Balaban J connectivity index is 1.40. The second kappa shape index (κ2) is 8.42. The van der Waals surface area contributed by atoms with Crippen molar-refractivity contribution < 1.29 is 14.1 Å². The van der Waals surface area contributed by atoms with Gasteiger partial charge in [0.2, 0.25) is 5.76 Å². The van der Waals surface area contributed by atoms with Gasteiger partial charge in [-0.25, -0.2) is 0 Å². The number of nitrogens with zero attached hydrogens (tertiary/aromatic N) is 3. The molecule has 2 saturated heterocycles. The predicted octanol–water partition coefficient (Wildman–Crippen LogP) is 3.18. The van der Waals surface area contributed by atoms with Gasteiger partial charge in [0.05, 0.1) is 13.2 Å². The molecule has 0 saturated carbocycles. The van der Waals surface area contributed by atoms with E-state index in [1.165, 1.54) is 0 Å². The molecule has 2 aliphatic heterocycles. The summed E-state index contributed by atoms with van der Waals surface area (Å²) in [6.07, 6.45) is 2.18. The summed E-state index contributed by atoms with van der Waals surface area (Å²) in [6, 6.07) is 9.08. The Labute approximate surface area is 164 Å². The van der Waals surface area contributed by atoms with Crippen molar-refractivity contribution in [3.05, 3.63) is 41.1 Å². The minimum Gasteiger partial charge on any atom is -0.379 e. The number of benzene rings is 1. The number of carbonyl (C=O) groups excluding carboxylic acids is 1. The Kier molecular flexibility index (Phi) is 5.76. The molecule has 0 radical (unpaired) electrons. The van der Waals surface area contributed by atoms with E-state index in [9.17, 15) is 4.79 Å². The van der Waals surface area contributed by atoms with Crippen molar-refractivity contribution in [2.45, 2.75) is 12.8 Å². The van der Waals surface area contributed by atoms with Crippen LogP contribution in [0, 0.1) is 5.92 Å². The number of carbonyl (C=O) groups is 1. The number of halogens is 1. The van der Waals surface area contributed by atoms with Gasteiger partial charge in [0, 0.05) is 49.4 Å². The summed E-state index contributed by atoms with van der Waals surface area (Å²) in [5, 5.41) is 4.68. The van der Waals surface area contributed by atoms with Crippen LogP contribution in [0.5, 0.6) is 0 Å². The molecule has 2 aromatic rings. The molecule has 1 aromatic carbocycles. The molecule has 7 heteroatoms. The summed E-state index contributed by atoms with van der Waals surface area (Å²) in [5.41, 5.74) is 1.47. The molecule has 0 bridgehead atoms. The maximum Gasteiger partial charge on any atom is 0.292 e. The van der Waals surface area contributed by atoms with Crippen LogP contribution in [0.25, 0.3) is 11.3 Å². The van der Waals surface area contributed by atoms with Crippen LogP contribution in [-0.2, 0) is 4.74 Å². The van der Waals surface area contributed by atoms with E-state index in [0.29, 0.717) is 16.6 Å². The first-order valence-electron chi connectivity index (χ1n) is 9.51. The van der Waals surface area contributed by atoms with Crippen LogP contribution in [0.1, 0.15) is 23.4 Å². The first kappa shape index (κ1) is 18.5. The van der Waals surface area contributed by atoms with Gasteiger partial charge in [-0.3, -0.25) is 9.69 Å². The van der Waals surface area contributed by atoms with Crippen molar-refractivity contribution in [1.82, 2.24) is 15.0 Å². The number of likely N-dealkylation sites (tertiary alicyclic amines) is 1. The van der Waals surface area contributed by atoms with Gasteiger partial charge in [0.25, 0.3) is 5.91 Å². The van der Waals surface area contributed by atoms with Gasteiger partial charge in [-0.05, 0) is 30.9 Å². The SMILES string of the molecule is O=C(c1cc(-c2cccc(Cl)c2)no1)N1CCCC(CN2CCOCC2)C1. The van der Waals surface area contributed by atoms with Crippen LogP contribution in [0.15, 0.2) is 34.9 Å². The van der Waals surface area contributed by atoms with Crippen LogP contribution in [-0.4, -0.2) is 66.8 Å². The summed E-state index contributed by atoms with van der Waals surface area (Å²) in [4.78, 5) is 17.2. The van der Waals surface area contributed by atoms with E-state index in [4.69, 9.17) is 20.9 Å². The van der Waals surface area contributed by atoms with Gasteiger partial charge >= 0.3 is 0 Å². The molecule has 6 nitrogen and oxygen atoms in total. The molecule has 0 N–H and O–H groups in total. The smallest absolute Gasteiger partial charge is 0.292 e. The third-order valence-corrected chi connectivity index (χ3v) is 5.50. The zero-order valence-corrected chi connectivity index (χ0v) is 16.0. The van der Waals surface area contributed by atoms with Gasteiger partial charge in [-0.2, -0.15) is 0 Å². The Morgan fingerprint density at radius 2 is 2.07 bits per heavy atom. The second-order valence-electron chi connectivity index (χ2n) is 7.26. The predicted molar refractivity (Wildman–Crippen MR) is 103 cm³/mol. The number of rotatable bonds is 4. The second-order valence-corrected chi connectivity index (χ2v) is 7.70. The van der Waals surface area contributed by atoms with Crippen molar-refractivity contribution in [1.29, 1.82) is 0 Å². The average Bonchev–Trinajstić information content (AvgIpc) is 3.19. The van der Waals surface area contributed by atoms with Crippen LogP contribution in [0.4, 0.5) is 0 Å². The minimum atomic E-state index is -0.0811. The molecule has 4 rings (SSSR count). The fourth-order valence-corrected chi connectivity index (χ4v) is 4.05. The number of hydrogen-bond donors (Lipinski definition) is 0. The van der Waals surface area contributed by atoms with Crippen molar-refractivity contribution in [2.24, 2.45) is 5.92 Å². The zero-order valence-electron chi connectivity index (χ0n) is 15.3. The fourth-order valence-electron chi connectivity index (χ4n) is 3.86. The highest BCUT2D eigenvalue weighted by Crippen LogP contribution is 2.25. The molecule has 0 spiro atoms. The highest BCUT2D eigenvalue weighted by Gasteiger charge is 2.28. The third kappa shape index (κ3) is 4.51. The number of ether oxygens (including phenoxy) is 1. The fraction of sp³-hybridized carbons (Fsp3) is 0.500. The lowest BCUT2D eigenvalue weighted by atomic mass is 9.97. The molecule has 1 unspecified atom stereocenters. The molecule has 0 aliphatic carbocycles. The molecular formula is C20H24ClN3O3. The van der Waals surface area contributed by atoms with E-state index in [-0.39, 0.29) is 11.7 Å². The molecule has 1 atom stereocenters. The Morgan fingerprint density at radius 3 is 2.89 bits per heavy atom. The monoisotopic (exact) mass is 389 g/mol. The number of amides is 1. The van der Waals surface area contributed by atoms with Gasteiger partial charge in [-0.1, -0.05) is 28.9 Å². The van der Waals surface area contributed by atoms with Crippen molar-refractivity contribution in [3.8, 4) is 11.3 Å². The van der Waals surface area contributed by atoms with E-state index < -0.39 is 0 Å². The zero-order chi connectivity index (χ0) is 18.6. The Hall–Kier alpha value is -1.89. The van der Waals surface area contributed by atoms with Gasteiger partial charge in [-0.15, -0.1) is 0 Å². The molecule has 1 aromatic heterocycles. The van der Waals surface area contributed by atoms with Crippen molar-refractivity contribution in [3.63, 3.8) is 0 Å². The number of aromatic nitrogens is 1. The number of hydrogen-bond acceptors (Lipinski definition) is 5. The maximum atomic E-state index is 12.9. The minimum absolute atomic E-state index is 0.0811. The van der Waals surface area contributed by atoms with Crippen molar-refractivity contribution in [2.75, 3.05) is 45.9 Å². The normalized spacial score (nSPS) is 21.4. The third-order valence-electron chi connectivity index (χ3n) is 5.27. The van der Waals surface area contributed by atoms with Crippen LogP contribution in [0.2, 0.25) is 5.02 Å². The number of piperidine rings is 1. The summed E-state index contributed by atoms with van der Waals surface area (Å²) in [6.45, 7) is 6.14. The lowest BCUT2D eigenvalue weighted by molar-refractivity contribution is 0.0219. The van der Waals surface area contributed by atoms with Gasteiger partial charge in [0.1, 0.15) is 5.69 Å². The van der Waals surface area contributed by atoms with E-state index >= 15 is 0 Å². The molecule has 3 heterocycles. The van der Waals surface area contributed by atoms with E-state index in [0.717, 1.165) is 64.3 Å². The number of morpholine rings is 1. The molecule has 2 fully saturated rings. The van der Waals surface area contributed by atoms with E-state index in [1.807, 2.05) is 23.1 Å². The summed E-state index contributed by atoms with van der Waals surface area (Å²) in [7, 11) is 0.